The molecular formula is C13H20N2O. The fourth-order valence-electron chi connectivity index (χ4n) is 3.04. The van der Waals surface area contributed by atoms with Crippen molar-refractivity contribution in [2.24, 2.45) is 23.2 Å². The summed E-state index contributed by atoms with van der Waals surface area (Å²) < 4.78 is 0. The van der Waals surface area contributed by atoms with Gasteiger partial charge in [-0.25, -0.2) is 0 Å². The highest BCUT2D eigenvalue weighted by atomic mass is 16.2. The van der Waals surface area contributed by atoms with Crippen LogP contribution in [0, 0.1) is 34.5 Å². The van der Waals surface area contributed by atoms with Gasteiger partial charge in [-0.05, 0) is 30.6 Å². The van der Waals surface area contributed by atoms with Crippen molar-refractivity contribution in [3.05, 3.63) is 0 Å². The fourth-order valence-corrected chi connectivity index (χ4v) is 3.04. The molecule has 0 aromatic rings. The summed E-state index contributed by atoms with van der Waals surface area (Å²) in [7, 11) is 0. The van der Waals surface area contributed by atoms with Crippen molar-refractivity contribution in [2.45, 2.75) is 33.6 Å². The predicted molar refractivity (Wildman–Crippen MR) is 61.4 cm³/mol. The average molecular weight is 220 g/mol. The molecule has 1 saturated carbocycles. The Bertz CT molecular complexity index is 328. The van der Waals surface area contributed by atoms with Gasteiger partial charge in [-0.2, -0.15) is 5.26 Å². The Morgan fingerprint density at radius 2 is 1.75 bits per heavy atom. The second kappa shape index (κ2) is 3.76. The second-order valence-electron chi connectivity index (χ2n) is 5.87. The molecule has 1 heterocycles. The number of hydrogen-bond donors (Lipinski definition) is 0. The summed E-state index contributed by atoms with van der Waals surface area (Å²) in [4.78, 5) is 14.2. The monoisotopic (exact) mass is 220 g/mol. The summed E-state index contributed by atoms with van der Waals surface area (Å²) >= 11 is 0. The van der Waals surface area contributed by atoms with Gasteiger partial charge in [-0.1, -0.05) is 20.8 Å². The maximum atomic E-state index is 12.3. The summed E-state index contributed by atoms with van der Waals surface area (Å²) in [5.41, 5.74) is -0.677. The zero-order valence-electron chi connectivity index (χ0n) is 10.4. The van der Waals surface area contributed by atoms with Crippen molar-refractivity contribution in [2.75, 3.05) is 13.1 Å². The van der Waals surface area contributed by atoms with Crippen LogP contribution >= 0.6 is 0 Å². The van der Waals surface area contributed by atoms with Gasteiger partial charge in [0.15, 0.2) is 0 Å². The molecule has 3 nitrogen and oxygen atoms in total. The highest BCUT2D eigenvalue weighted by Gasteiger charge is 2.51. The van der Waals surface area contributed by atoms with E-state index in [-0.39, 0.29) is 5.91 Å². The van der Waals surface area contributed by atoms with Crippen LogP contribution in [0.5, 0.6) is 0 Å². The van der Waals surface area contributed by atoms with Crippen LogP contribution in [0.3, 0.4) is 0 Å². The second-order valence-corrected chi connectivity index (χ2v) is 5.87. The highest BCUT2D eigenvalue weighted by molar-refractivity contribution is 5.86. The number of nitriles is 1. The van der Waals surface area contributed by atoms with Crippen LogP contribution in [-0.2, 0) is 4.79 Å². The van der Waals surface area contributed by atoms with Gasteiger partial charge < -0.3 is 4.90 Å². The molecule has 0 aromatic carbocycles. The molecule has 0 bridgehead atoms. The lowest BCUT2D eigenvalue weighted by molar-refractivity contribution is -0.144. The number of amides is 1. The Kier molecular flexibility index (Phi) is 2.69. The summed E-state index contributed by atoms with van der Waals surface area (Å²) in [6, 6.07) is 2.26. The van der Waals surface area contributed by atoms with Crippen LogP contribution < -0.4 is 0 Å². The van der Waals surface area contributed by atoms with E-state index < -0.39 is 5.41 Å². The van der Waals surface area contributed by atoms with Crippen molar-refractivity contribution in [1.29, 1.82) is 5.26 Å². The third-order valence-corrected chi connectivity index (χ3v) is 4.29. The summed E-state index contributed by atoms with van der Waals surface area (Å²) in [6.07, 6.45) is 1.50. The Morgan fingerprint density at radius 1 is 1.25 bits per heavy atom. The quantitative estimate of drug-likeness (QED) is 0.678. The van der Waals surface area contributed by atoms with Crippen LogP contribution in [0.2, 0.25) is 0 Å². The van der Waals surface area contributed by atoms with E-state index in [1.165, 1.54) is 0 Å². The van der Waals surface area contributed by atoms with E-state index in [1.54, 1.807) is 0 Å². The van der Waals surface area contributed by atoms with Gasteiger partial charge in [0.25, 0.3) is 0 Å². The largest absolute Gasteiger partial charge is 0.341 e. The van der Waals surface area contributed by atoms with Crippen LogP contribution in [-0.4, -0.2) is 23.9 Å². The number of rotatable bonds is 1. The molecule has 0 spiro atoms. The standard InChI is InChI=1S/C13H20N2O/c1-9-4-13(5-9,8-14)12(16)15-6-10(2)11(3)7-15/h9-11H,4-7H2,1-3H3. The maximum absolute atomic E-state index is 12.3. The Morgan fingerprint density at radius 3 is 2.12 bits per heavy atom. The Hall–Kier alpha value is -1.04. The van der Waals surface area contributed by atoms with Crippen molar-refractivity contribution in [1.82, 2.24) is 4.90 Å². The van der Waals surface area contributed by atoms with Crippen LogP contribution in [0.25, 0.3) is 0 Å². The van der Waals surface area contributed by atoms with E-state index in [9.17, 15) is 10.1 Å². The minimum Gasteiger partial charge on any atom is -0.341 e. The van der Waals surface area contributed by atoms with Gasteiger partial charge in [0.05, 0.1) is 6.07 Å². The minimum atomic E-state index is -0.677. The molecule has 2 rings (SSSR count). The minimum absolute atomic E-state index is 0.0873. The van der Waals surface area contributed by atoms with Gasteiger partial charge in [0, 0.05) is 13.1 Å². The van der Waals surface area contributed by atoms with E-state index in [0.29, 0.717) is 17.8 Å². The first-order valence-electron chi connectivity index (χ1n) is 6.19. The molecule has 3 heteroatoms. The molecule has 1 saturated heterocycles. The number of hydrogen-bond acceptors (Lipinski definition) is 2. The van der Waals surface area contributed by atoms with Gasteiger partial charge in [0.2, 0.25) is 5.91 Å². The molecule has 2 atom stereocenters. The van der Waals surface area contributed by atoms with E-state index >= 15 is 0 Å². The zero-order chi connectivity index (χ0) is 11.9. The lowest BCUT2D eigenvalue weighted by atomic mass is 9.63. The molecule has 2 fully saturated rings. The van der Waals surface area contributed by atoms with Crippen LogP contribution in [0.1, 0.15) is 33.6 Å². The van der Waals surface area contributed by atoms with Crippen molar-refractivity contribution >= 4 is 5.91 Å². The number of nitrogens with zero attached hydrogens (tertiary/aromatic N) is 2. The first-order chi connectivity index (χ1) is 7.48. The van der Waals surface area contributed by atoms with Crippen molar-refractivity contribution in [3.8, 4) is 6.07 Å². The molecule has 0 N–H and O–H groups in total. The molecule has 88 valence electrons. The molecule has 0 radical (unpaired) electrons. The molecule has 2 aliphatic rings. The normalized spacial score (nSPS) is 42.6. The van der Waals surface area contributed by atoms with Gasteiger partial charge in [-0.3, -0.25) is 4.79 Å². The van der Waals surface area contributed by atoms with E-state index in [0.717, 1.165) is 25.9 Å². The van der Waals surface area contributed by atoms with Crippen LogP contribution in [0.4, 0.5) is 0 Å². The average Bonchev–Trinajstić information content (AvgIpc) is 2.53. The van der Waals surface area contributed by atoms with E-state index in [2.05, 4.69) is 26.8 Å². The van der Waals surface area contributed by atoms with E-state index in [4.69, 9.17) is 0 Å². The molecule has 16 heavy (non-hydrogen) atoms. The molecular weight excluding hydrogens is 200 g/mol. The summed E-state index contributed by atoms with van der Waals surface area (Å²) in [5, 5.41) is 9.22. The maximum Gasteiger partial charge on any atom is 0.243 e. The topological polar surface area (TPSA) is 44.1 Å². The number of carbonyl (C=O) groups is 1. The Labute approximate surface area is 97.4 Å². The van der Waals surface area contributed by atoms with Crippen molar-refractivity contribution in [3.63, 3.8) is 0 Å². The number of likely N-dealkylation sites (tertiary alicyclic amines) is 1. The fraction of sp³-hybridized carbons (Fsp3) is 0.846. The first kappa shape index (κ1) is 11.4. The molecule has 0 aromatic heterocycles. The SMILES string of the molecule is CC1CC(C#N)(C(=O)N2CC(C)C(C)C2)C1. The highest BCUT2D eigenvalue weighted by Crippen LogP contribution is 2.47. The first-order valence-corrected chi connectivity index (χ1v) is 6.19. The zero-order valence-corrected chi connectivity index (χ0v) is 10.4. The lowest BCUT2D eigenvalue weighted by Crippen LogP contribution is -2.49. The molecule has 1 aliphatic carbocycles. The van der Waals surface area contributed by atoms with Crippen molar-refractivity contribution < 1.29 is 4.79 Å². The Balaban J connectivity index is 2.06. The van der Waals surface area contributed by atoms with Crippen LogP contribution in [0.15, 0.2) is 0 Å². The molecule has 1 aliphatic heterocycles. The third kappa shape index (κ3) is 1.61. The third-order valence-electron chi connectivity index (χ3n) is 4.29. The smallest absolute Gasteiger partial charge is 0.243 e. The predicted octanol–water partition coefficient (Wildman–Crippen LogP) is 2.04. The molecule has 1 amide bonds. The summed E-state index contributed by atoms with van der Waals surface area (Å²) in [5.74, 6) is 1.75. The van der Waals surface area contributed by atoms with E-state index in [1.807, 2.05) is 4.90 Å². The van der Waals surface area contributed by atoms with Gasteiger partial charge in [0.1, 0.15) is 5.41 Å². The van der Waals surface area contributed by atoms with Gasteiger partial charge in [-0.15, -0.1) is 0 Å². The lowest BCUT2D eigenvalue weighted by Gasteiger charge is -2.41. The van der Waals surface area contributed by atoms with Gasteiger partial charge >= 0.3 is 0 Å². The summed E-state index contributed by atoms with van der Waals surface area (Å²) in [6.45, 7) is 8.13. The number of carbonyl (C=O) groups excluding carboxylic acids is 1. The molecule has 2 unspecified atom stereocenters.